The van der Waals surface area contributed by atoms with Gasteiger partial charge in [-0.05, 0) is 18.1 Å². The van der Waals surface area contributed by atoms with Gasteiger partial charge in [0.15, 0.2) is 5.76 Å². The summed E-state index contributed by atoms with van der Waals surface area (Å²) < 4.78 is 4.69. The molecule has 118 valence electrons. The highest BCUT2D eigenvalue weighted by atomic mass is 16.5. The molecule has 0 aliphatic heterocycles. The number of hydrogen-bond acceptors (Lipinski definition) is 4. The van der Waals surface area contributed by atoms with E-state index in [2.05, 4.69) is 28.4 Å². The highest BCUT2D eigenvalue weighted by molar-refractivity contribution is 5.93. The quantitative estimate of drug-likeness (QED) is 0.342. The van der Waals surface area contributed by atoms with Crippen LogP contribution < -0.4 is 5.43 Å². The number of carboxylic acid groups (broad SMARTS) is 1. The van der Waals surface area contributed by atoms with Crippen LogP contribution in [0, 0.1) is 0 Å². The first kappa shape index (κ1) is 19.1. The molecular formula is C16H20N2O4. The minimum absolute atomic E-state index is 0.125. The van der Waals surface area contributed by atoms with Crippen molar-refractivity contribution in [2.45, 2.75) is 20.3 Å². The molecule has 0 aromatic carbocycles. The number of ether oxygens (including phenoxy) is 1. The van der Waals surface area contributed by atoms with E-state index >= 15 is 0 Å². The Morgan fingerprint density at radius 2 is 2.09 bits per heavy atom. The molecule has 6 heteroatoms. The number of amides is 1. The van der Waals surface area contributed by atoms with Crippen molar-refractivity contribution in [1.29, 1.82) is 0 Å². The third kappa shape index (κ3) is 7.04. The summed E-state index contributed by atoms with van der Waals surface area (Å²) >= 11 is 0. The van der Waals surface area contributed by atoms with Gasteiger partial charge >= 0.3 is 11.9 Å². The average Bonchev–Trinajstić information content (AvgIpc) is 2.75. The summed E-state index contributed by atoms with van der Waals surface area (Å²) in [6.45, 7) is 10.7. The Labute approximate surface area is 129 Å². The maximum absolute atomic E-state index is 11.4. The van der Waals surface area contributed by atoms with Crippen LogP contribution in [-0.4, -0.2) is 23.2 Å². The zero-order valence-corrected chi connectivity index (χ0v) is 12.7. The van der Waals surface area contributed by atoms with Gasteiger partial charge in [-0.2, -0.15) is 5.10 Å². The van der Waals surface area contributed by atoms with Gasteiger partial charge in [-0.1, -0.05) is 45.2 Å². The van der Waals surface area contributed by atoms with Crippen LogP contribution in [0.4, 0.5) is 0 Å². The first-order valence-corrected chi connectivity index (χ1v) is 6.65. The van der Waals surface area contributed by atoms with E-state index in [4.69, 9.17) is 5.11 Å². The summed E-state index contributed by atoms with van der Waals surface area (Å²) in [5.74, 6) is -1.71. The molecule has 22 heavy (non-hydrogen) atoms. The monoisotopic (exact) mass is 304 g/mol. The molecule has 0 fully saturated rings. The second kappa shape index (κ2) is 10.8. The maximum atomic E-state index is 11.4. The number of carbonyl (C=O) groups excluding carboxylic acids is 1. The van der Waals surface area contributed by atoms with Gasteiger partial charge in [0.25, 0.3) is 0 Å². The first-order chi connectivity index (χ1) is 10.5. The van der Waals surface area contributed by atoms with Gasteiger partial charge < -0.3 is 9.84 Å². The molecule has 0 aromatic heterocycles. The predicted molar refractivity (Wildman–Crippen MR) is 86.0 cm³/mol. The Morgan fingerprint density at radius 1 is 1.41 bits per heavy atom. The van der Waals surface area contributed by atoms with E-state index in [1.807, 2.05) is 13.8 Å². The zero-order valence-electron chi connectivity index (χ0n) is 12.7. The lowest BCUT2D eigenvalue weighted by Gasteiger charge is -2.01. The van der Waals surface area contributed by atoms with Crippen LogP contribution in [0.25, 0.3) is 0 Å². The molecule has 0 radical (unpaired) electrons. The Bertz CT molecular complexity index is 554. The van der Waals surface area contributed by atoms with Crippen molar-refractivity contribution >= 4 is 18.1 Å². The average molecular weight is 304 g/mol. The summed E-state index contributed by atoms with van der Waals surface area (Å²) in [6, 6.07) is 0. The van der Waals surface area contributed by atoms with E-state index in [1.54, 1.807) is 12.2 Å². The molecule has 0 heterocycles. The van der Waals surface area contributed by atoms with Crippen molar-refractivity contribution in [3.05, 3.63) is 60.6 Å². The van der Waals surface area contributed by atoms with E-state index in [0.29, 0.717) is 6.42 Å². The molecule has 0 aromatic rings. The lowest BCUT2D eigenvalue weighted by atomic mass is 10.2. The lowest BCUT2D eigenvalue weighted by molar-refractivity contribution is -0.132. The van der Waals surface area contributed by atoms with E-state index in [9.17, 15) is 9.59 Å². The van der Waals surface area contributed by atoms with Crippen LogP contribution in [0.2, 0.25) is 0 Å². The van der Waals surface area contributed by atoms with Crippen LogP contribution >= 0.6 is 0 Å². The van der Waals surface area contributed by atoms with Crippen LogP contribution in [0.5, 0.6) is 0 Å². The highest BCUT2D eigenvalue weighted by Crippen LogP contribution is 2.09. The highest BCUT2D eigenvalue weighted by Gasteiger charge is 2.06. The van der Waals surface area contributed by atoms with Crippen LogP contribution in [0.3, 0.4) is 0 Å². The number of hydrazone groups is 1. The molecule has 0 atom stereocenters. The number of hydrogen-bond donors (Lipinski definition) is 2. The molecule has 1 rings (SSSR count). The number of rotatable bonds is 6. The lowest BCUT2D eigenvalue weighted by Crippen LogP contribution is -2.19. The molecule has 1 aliphatic rings. The molecule has 0 unspecified atom stereocenters. The number of nitrogens with zero attached hydrogens (tertiary/aromatic N) is 1. The minimum Gasteiger partial charge on any atom is -0.478 e. The fraction of sp³-hybridized carbons (Fsp3) is 0.188. The molecular weight excluding hydrogens is 284 g/mol. The Balaban J connectivity index is 0.00000211. The van der Waals surface area contributed by atoms with Crippen LogP contribution in [0.15, 0.2) is 65.7 Å². The van der Waals surface area contributed by atoms with Gasteiger partial charge in [0.05, 0.1) is 18.0 Å². The molecule has 1 amide bonds. The first-order valence-electron chi connectivity index (χ1n) is 6.65. The van der Waals surface area contributed by atoms with Gasteiger partial charge in [-0.25, -0.2) is 10.2 Å². The van der Waals surface area contributed by atoms with Crippen LogP contribution in [0.1, 0.15) is 20.3 Å². The number of carboxylic acids is 1. The van der Waals surface area contributed by atoms with Crippen molar-refractivity contribution in [2.75, 3.05) is 0 Å². The molecule has 6 nitrogen and oxygen atoms in total. The topological polar surface area (TPSA) is 88.0 Å². The SMILES string of the molecule is C=COC(=C)C(=O)N/N=C/C1=CC=C(C(=O)O)C=CC1.CC. The molecule has 0 saturated carbocycles. The standard InChI is InChI=1S/C14H14N2O4.C2H6/c1-3-20-10(2)13(17)16-15-9-11-5-4-6-12(8-7-11)14(18)19;1-2/h3-4,6-9H,1-2,5H2,(H,16,17)(H,18,19);1-2H3/b15-9+;. The van der Waals surface area contributed by atoms with Crippen molar-refractivity contribution in [3.8, 4) is 0 Å². The summed E-state index contributed by atoms with van der Waals surface area (Å²) in [7, 11) is 0. The Hall–Kier alpha value is -2.89. The van der Waals surface area contributed by atoms with Gasteiger partial charge in [-0.3, -0.25) is 4.79 Å². The van der Waals surface area contributed by atoms with Gasteiger partial charge in [-0.15, -0.1) is 0 Å². The van der Waals surface area contributed by atoms with E-state index in [1.165, 1.54) is 18.4 Å². The molecule has 2 N–H and O–H groups in total. The van der Waals surface area contributed by atoms with Crippen molar-refractivity contribution in [1.82, 2.24) is 5.43 Å². The van der Waals surface area contributed by atoms with Gasteiger partial charge in [0, 0.05) is 0 Å². The van der Waals surface area contributed by atoms with E-state index < -0.39 is 11.9 Å². The van der Waals surface area contributed by atoms with Gasteiger partial charge in [0.1, 0.15) is 0 Å². The zero-order chi connectivity index (χ0) is 17.0. The maximum Gasteiger partial charge on any atom is 0.335 e. The molecule has 1 aliphatic carbocycles. The Morgan fingerprint density at radius 3 is 2.68 bits per heavy atom. The summed E-state index contributed by atoms with van der Waals surface area (Å²) in [4.78, 5) is 22.1. The smallest absolute Gasteiger partial charge is 0.335 e. The number of aliphatic carboxylic acids is 1. The number of allylic oxidation sites excluding steroid dienone is 4. The van der Waals surface area contributed by atoms with E-state index in [-0.39, 0.29) is 11.3 Å². The molecule has 0 saturated heterocycles. The molecule has 0 spiro atoms. The largest absolute Gasteiger partial charge is 0.478 e. The van der Waals surface area contributed by atoms with Crippen molar-refractivity contribution in [2.24, 2.45) is 5.10 Å². The third-order valence-corrected chi connectivity index (χ3v) is 2.25. The summed E-state index contributed by atoms with van der Waals surface area (Å²) in [6.07, 6.45) is 9.32. The van der Waals surface area contributed by atoms with Crippen LogP contribution in [-0.2, 0) is 14.3 Å². The van der Waals surface area contributed by atoms with E-state index in [0.717, 1.165) is 11.8 Å². The number of nitrogens with one attached hydrogen (secondary N) is 1. The normalized spacial score (nSPS) is 13.0. The fourth-order valence-corrected chi connectivity index (χ4v) is 1.27. The minimum atomic E-state index is -0.998. The second-order valence-corrected chi connectivity index (χ2v) is 3.68. The molecule has 0 bridgehead atoms. The third-order valence-electron chi connectivity index (χ3n) is 2.25. The van der Waals surface area contributed by atoms with Crippen molar-refractivity contribution in [3.63, 3.8) is 0 Å². The number of carbonyl (C=O) groups is 2. The fourth-order valence-electron chi connectivity index (χ4n) is 1.27. The van der Waals surface area contributed by atoms with Crippen molar-refractivity contribution < 1.29 is 19.4 Å². The predicted octanol–water partition coefficient (Wildman–Crippen LogP) is 2.69. The second-order valence-electron chi connectivity index (χ2n) is 3.68. The summed E-state index contributed by atoms with van der Waals surface area (Å²) in [5.41, 5.74) is 3.15. The Kier molecular flexibility index (Phi) is 9.42. The summed E-state index contributed by atoms with van der Waals surface area (Å²) in [5, 5.41) is 12.6. The van der Waals surface area contributed by atoms with Gasteiger partial charge in [0.2, 0.25) is 0 Å².